The van der Waals surface area contributed by atoms with Crippen molar-refractivity contribution >= 4 is 28.4 Å². The minimum Gasteiger partial charge on any atom is -0.497 e. The lowest BCUT2D eigenvalue weighted by Crippen LogP contribution is -2.18. The first-order valence-corrected chi connectivity index (χ1v) is 7.23. The summed E-state index contributed by atoms with van der Waals surface area (Å²) in [6.45, 7) is 0. The van der Waals surface area contributed by atoms with Gasteiger partial charge in [0.25, 0.3) is 11.8 Å². The molecule has 0 radical (unpaired) electrons. The van der Waals surface area contributed by atoms with Gasteiger partial charge in [-0.1, -0.05) is 18.2 Å². The third-order valence-electron chi connectivity index (χ3n) is 3.57. The number of nitrogens with one attached hydrogen (secondary N) is 1. The number of primary amides is 1. The van der Waals surface area contributed by atoms with Crippen LogP contribution in [0, 0.1) is 0 Å². The summed E-state index contributed by atoms with van der Waals surface area (Å²) in [6.07, 6.45) is 0. The number of methoxy groups -OCH3 is 1. The van der Waals surface area contributed by atoms with E-state index in [0.29, 0.717) is 11.2 Å². The Morgan fingerprint density at radius 3 is 2.62 bits per heavy atom. The number of fused-ring (bicyclic) bond motifs is 1. The summed E-state index contributed by atoms with van der Waals surface area (Å²) in [5.41, 5.74) is 6.83. The highest BCUT2D eigenvalue weighted by atomic mass is 16.5. The van der Waals surface area contributed by atoms with Crippen LogP contribution in [0.2, 0.25) is 0 Å². The van der Waals surface area contributed by atoms with E-state index in [2.05, 4.69) is 10.3 Å². The number of para-hydroxylation sites is 1. The maximum atomic E-state index is 12.4. The zero-order valence-corrected chi connectivity index (χ0v) is 12.9. The van der Waals surface area contributed by atoms with E-state index in [4.69, 9.17) is 10.5 Å². The van der Waals surface area contributed by atoms with Gasteiger partial charge < -0.3 is 15.8 Å². The summed E-state index contributed by atoms with van der Waals surface area (Å²) in [4.78, 5) is 28.2. The Labute approximate surface area is 138 Å². The number of ether oxygens (including phenoxy) is 1. The van der Waals surface area contributed by atoms with Crippen molar-refractivity contribution in [2.75, 3.05) is 12.4 Å². The van der Waals surface area contributed by atoms with Crippen molar-refractivity contribution in [1.29, 1.82) is 0 Å². The van der Waals surface area contributed by atoms with Crippen LogP contribution < -0.4 is 15.8 Å². The molecule has 3 N–H and O–H groups in total. The minimum atomic E-state index is -0.607. The van der Waals surface area contributed by atoms with Crippen LogP contribution in [-0.4, -0.2) is 23.9 Å². The maximum absolute atomic E-state index is 12.4. The Balaban J connectivity index is 1.90. The fourth-order valence-corrected chi connectivity index (χ4v) is 2.35. The van der Waals surface area contributed by atoms with Crippen molar-refractivity contribution in [3.05, 3.63) is 65.9 Å². The summed E-state index contributed by atoms with van der Waals surface area (Å²) < 4.78 is 5.16. The number of nitrogens with two attached hydrogens (primary N) is 1. The van der Waals surface area contributed by atoms with Gasteiger partial charge >= 0.3 is 0 Å². The molecule has 0 bridgehead atoms. The molecule has 0 aliphatic carbocycles. The molecule has 24 heavy (non-hydrogen) atoms. The Morgan fingerprint density at radius 2 is 1.88 bits per heavy atom. The van der Waals surface area contributed by atoms with Crippen molar-refractivity contribution in [3.8, 4) is 5.75 Å². The third-order valence-corrected chi connectivity index (χ3v) is 3.57. The van der Waals surface area contributed by atoms with Crippen molar-refractivity contribution in [1.82, 2.24) is 4.98 Å². The molecule has 6 nitrogen and oxygen atoms in total. The third kappa shape index (κ3) is 3.03. The number of hydrogen-bond acceptors (Lipinski definition) is 4. The van der Waals surface area contributed by atoms with Gasteiger partial charge in [-0.05, 0) is 36.4 Å². The zero-order chi connectivity index (χ0) is 17.1. The van der Waals surface area contributed by atoms with Gasteiger partial charge in [0.15, 0.2) is 0 Å². The van der Waals surface area contributed by atoms with Gasteiger partial charge in [0, 0.05) is 5.39 Å². The van der Waals surface area contributed by atoms with Gasteiger partial charge in [-0.3, -0.25) is 9.59 Å². The predicted octanol–water partition coefficient (Wildman–Crippen LogP) is 2.59. The summed E-state index contributed by atoms with van der Waals surface area (Å²) in [7, 11) is 1.59. The predicted molar refractivity (Wildman–Crippen MR) is 91.2 cm³/mol. The number of benzene rings is 2. The molecule has 0 aliphatic rings. The molecule has 120 valence electrons. The second kappa shape index (κ2) is 6.37. The van der Waals surface area contributed by atoms with Gasteiger partial charge in [0.05, 0.1) is 23.9 Å². The quantitative estimate of drug-likeness (QED) is 0.772. The average molecular weight is 321 g/mol. The first-order chi connectivity index (χ1) is 11.6. The molecule has 1 heterocycles. The zero-order valence-electron chi connectivity index (χ0n) is 12.9. The molecule has 0 fully saturated rings. The minimum absolute atomic E-state index is 0.243. The number of anilines is 1. The van der Waals surface area contributed by atoms with Gasteiger partial charge in [-0.2, -0.15) is 0 Å². The van der Waals surface area contributed by atoms with Crippen molar-refractivity contribution < 1.29 is 14.3 Å². The number of amides is 2. The van der Waals surface area contributed by atoms with E-state index in [1.54, 1.807) is 55.6 Å². The molecule has 2 amide bonds. The molecule has 0 unspecified atom stereocenters. The number of rotatable bonds is 4. The van der Waals surface area contributed by atoms with Gasteiger partial charge in [-0.15, -0.1) is 0 Å². The van der Waals surface area contributed by atoms with E-state index in [1.165, 1.54) is 0 Å². The van der Waals surface area contributed by atoms with E-state index < -0.39 is 11.8 Å². The van der Waals surface area contributed by atoms with Gasteiger partial charge in [-0.25, -0.2) is 4.98 Å². The molecule has 0 spiro atoms. The summed E-state index contributed by atoms with van der Waals surface area (Å²) in [5, 5.41) is 3.53. The SMILES string of the molecule is COc1ccc2nc(C(=O)Nc3ccccc3C(N)=O)ccc2c1. The molecule has 0 saturated heterocycles. The first-order valence-electron chi connectivity index (χ1n) is 7.23. The van der Waals surface area contributed by atoms with Crippen molar-refractivity contribution in [3.63, 3.8) is 0 Å². The van der Waals surface area contributed by atoms with Crippen LogP contribution in [0.5, 0.6) is 5.75 Å². The Morgan fingerprint density at radius 1 is 1.08 bits per heavy atom. The highest BCUT2D eigenvalue weighted by molar-refractivity contribution is 6.08. The average Bonchev–Trinajstić information content (AvgIpc) is 2.61. The van der Waals surface area contributed by atoms with E-state index in [9.17, 15) is 9.59 Å². The smallest absolute Gasteiger partial charge is 0.274 e. The maximum Gasteiger partial charge on any atom is 0.274 e. The fraction of sp³-hybridized carbons (Fsp3) is 0.0556. The van der Waals surface area contributed by atoms with Crippen LogP contribution >= 0.6 is 0 Å². The number of hydrogen-bond donors (Lipinski definition) is 2. The molecule has 0 saturated carbocycles. The molecule has 0 atom stereocenters. The summed E-state index contributed by atoms with van der Waals surface area (Å²) in [5.74, 6) is -0.303. The van der Waals surface area contributed by atoms with Crippen LogP contribution in [0.1, 0.15) is 20.8 Å². The lowest BCUT2D eigenvalue weighted by molar-refractivity contribution is 0.100. The van der Waals surface area contributed by atoms with E-state index in [1.807, 2.05) is 6.07 Å². The number of carbonyl (C=O) groups excluding carboxylic acids is 2. The second-order valence-corrected chi connectivity index (χ2v) is 5.12. The van der Waals surface area contributed by atoms with Crippen LogP contribution in [0.3, 0.4) is 0 Å². The molecule has 2 aromatic carbocycles. The molecule has 0 aliphatic heterocycles. The largest absolute Gasteiger partial charge is 0.497 e. The monoisotopic (exact) mass is 321 g/mol. The highest BCUT2D eigenvalue weighted by Crippen LogP contribution is 2.20. The van der Waals surface area contributed by atoms with Crippen molar-refractivity contribution in [2.45, 2.75) is 0 Å². The molecular weight excluding hydrogens is 306 g/mol. The lowest BCUT2D eigenvalue weighted by Gasteiger charge is -2.09. The second-order valence-electron chi connectivity index (χ2n) is 5.12. The Hall–Kier alpha value is -3.41. The number of aromatic nitrogens is 1. The molecular formula is C18H15N3O3. The van der Waals surface area contributed by atoms with Crippen LogP contribution in [0.25, 0.3) is 10.9 Å². The first kappa shape index (κ1) is 15.5. The van der Waals surface area contributed by atoms with E-state index in [0.717, 1.165) is 11.1 Å². The summed E-state index contributed by atoms with van der Waals surface area (Å²) in [6, 6.07) is 15.4. The normalized spacial score (nSPS) is 10.4. The molecule has 6 heteroatoms. The standard InChI is InChI=1S/C18H15N3O3/c1-24-12-7-9-14-11(10-12)6-8-16(20-14)18(23)21-15-5-3-2-4-13(15)17(19)22/h2-10H,1H3,(H2,19,22)(H,21,23). The Bertz CT molecular complexity index is 938. The van der Waals surface area contributed by atoms with Crippen LogP contribution in [0.15, 0.2) is 54.6 Å². The number of nitrogens with zero attached hydrogens (tertiary/aromatic N) is 1. The topological polar surface area (TPSA) is 94.3 Å². The van der Waals surface area contributed by atoms with Gasteiger partial charge in [0.2, 0.25) is 0 Å². The fourth-order valence-electron chi connectivity index (χ4n) is 2.35. The van der Waals surface area contributed by atoms with Crippen LogP contribution in [0.4, 0.5) is 5.69 Å². The summed E-state index contributed by atoms with van der Waals surface area (Å²) >= 11 is 0. The van der Waals surface area contributed by atoms with Gasteiger partial charge in [0.1, 0.15) is 11.4 Å². The number of carbonyl (C=O) groups is 2. The van der Waals surface area contributed by atoms with E-state index >= 15 is 0 Å². The molecule has 1 aromatic heterocycles. The number of pyridine rings is 1. The molecule has 3 rings (SSSR count). The molecule has 3 aromatic rings. The highest BCUT2D eigenvalue weighted by Gasteiger charge is 2.13. The van der Waals surface area contributed by atoms with Crippen molar-refractivity contribution in [2.24, 2.45) is 5.73 Å². The Kier molecular flexibility index (Phi) is 4.11. The van der Waals surface area contributed by atoms with Crippen LogP contribution in [-0.2, 0) is 0 Å². The van der Waals surface area contributed by atoms with E-state index in [-0.39, 0.29) is 11.3 Å². The lowest BCUT2D eigenvalue weighted by atomic mass is 10.1.